The standard InChI is InChI=1S/C24H25ClN2O3/c1-24(2,3)18-14-16(9-11-19(18)25)27-23(28)15-8-10-17(21(13-15)30-5)22-20(29-4)7-6-12-26-22/h6-14H,1-5H3,(H,27,28). The number of aromatic nitrogens is 1. The van der Waals surface area contributed by atoms with Crippen molar-refractivity contribution >= 4 is 23.2 Å². The molecule has 1 amide bonds. The van der Waals surface area contributed by atoms with Crippen LogP contribution in [0.15, 0.2) is 54.7 Å². The fourth-order valence-corrected chi connectivity index (χ4v) is 3.57. The van der Waals surface area contributed by atoms with E-state index in [2.05, 4.69) is 31.1 Å². The van der Waals surface area contributed by atoms with Gasteiger partial charge in [-0.2, -0.15) is 0 Å². The summed E-state index contributed by atoms with van der Waals surface area (Å²) in [7, 11) is 3.15. The van der Waals surface area contributed by atoms with Gasteiger partial charge < -0.3 is 14.8 Å². The summed E-state index contributed by atoms with van der Waals surface area (Å²) in [6, 6.07) is 14.4. The molecule has 2 aromatic carbocycles. The molecule has 30 heavy (non-hydrogen) atoms. The molecule has 0 radical (unpaired) electrons. The molecule has 0 saturated carbocycles. The summed E-state index contributed by atoms with van der Waals surface area (Å²) in [5.74, 6) is 0.921. The minimum atomic E-state index is -0.241. The number of ether oxygens (including phenoxy) is 2. The van der Waals surface area contributed by atoms with Crippen LogP contribution in [0.1, 0.15) is 36.7 Å². The van der Waals surface area contributed by atoms with Gasteiger partial charge in [-0.15, -0.1) is 0 Å². The highest BCUT2D eigenvalue weighted by Crippen LogP contribution is 2.35. The largest absolute Gasteiger partial charge is 0.496 e. The van der Waals surface area contributed by atoms with Crippen molar-refractivity contribution < 1.29 is 14.3 Å². The Morgan fingerprint density at radius 1 is 1.00 bits per heavy atom. The number of carbonyl (C=O) groups excluding carboxylic acids is 1. The molecule has 1 aromatic heterocycles. The molecule has 0 aliphatic carbocycles. The molecular formula is C24H25ClN2O3. The van der Waals surface area contributed by atoms with Crippen LogP contribution in [-0.2, 0) is 5.41 Å². The Labute approximate surface area is 182 Å². The molecule has 156 valence electrons. The van der Waals surface area contributed by atoms with Crippen LogP contribution < -0.4 is 14.8 Å². The second-order valence-corrected chi connectivity index (χ2v) is 8.28. The van der Waals surface area contributed by atoms with Crippen molar-refractivity contribution in [2.75, 3.05) is 19.5 Å². The SMILES string of the molecule is COc1cc(C(=O)Nc2ccc(Cl)c(C(C)(C)C)c2)ccc1-c1ncccc1OC. The summed E-state index contributed by atoms with van der Waals surface area (Å²) in [4.78, 5) is 17.3. The molecule has 0 bridgehead atoms. The van der Waals surface area contributed by atoms with Crippen molar-refractivity contribution in [2.24, 2.45) is 0 Å². The minimum absolute atomic E-state index is 0.134. The van der Waals surface area contributed by atoms with Crippen molar-refractivity contribution in [1.82, 2.24) is 4.98 Å². The van der Waals surface area contributed by atoms with Gasteiger partial charge in [-0.1, -0.05) is 32.4 Å². The van der Waals surface area contributed by atoms with E-state index in [1.165, 1.54) is 0 Å². The van der Waals surface area contributed by atoms with Gasteiger partial charge in [0.05, 0.1) is 14.2 Å². The number of nitrogens with one attached hydrogen (secondary N) is 1. The number of rotatable bonds is 5. The lowest BCUT2D eigenvalue weighted by molar-refractivity contribution is 0.102. The van der Waals surface area contributed by atoms with E-state index in [-0.39, 0.29) is 11.3 Å². The summed E-state index contributed by atoms with van der Waals surface area (Å²) in [5, 5.41) is 3.61. The molecule has 0 aliphatic heterocycles. The fourth-order valence-electron chi connectivity index (χ4n) is 3.17. The molecule has 3 rings (SSSR count). The van der Waals surface area contributed by atoms with Gasteiger partial charge in [-0.25, -0.2) is 0 Å². The second-order valence-electron chi connectivity index (χ2n) is 7.87. The number of hydrogen-bond donors (Lipinski definition) is 1. The lowest BCUT2D eigenvalue weighted by atomic mass is 9.87. The molecule has 0 spiro atoms. The highest BCUT2D eigenvalue weighted by atomic mass is 35.5. The van der Waals surface area contributed by atoms with E-state index >= 15 is 0 Å². The molecular weight excluding hydrogens is 400 g/mol. The van der Waals surface area contributed by atoms with Crippen LogP contribution >= 0.6 is 11.6 Å². The summed E-state index contributed by atoms with van der Waals surface area (Å²) in [6.07, 6.45) is 1.69. The summed E-state index contributed by atoms with van der Waals surface area (Å²) in [6.45, 7) is 6.24. The Hall–Kier alpha value is -3.05. The van der Waals surface area contributed by atoms with E-state index in [1.54, 1.807) is 56.8 Å². The Bertz CT molecular complexity index is 1070. The first-order valence-corrected chi connectivity index (χ1v) is 9.91. The average Bonchev–Trinajstić information content (AvgIpc) is 2.73. The molecule has 0 atom stereocenters. The predicted octanol–water partition coefficient (Wildman–Crippen LogP) is 5.97. The first kappa shape index (κ1) is 21.7. The van der Waals surface area contributed by atoms with E-state index < -0.39 is 0 Å². The second kappa shape index (κ2) is 8.76. The highest BCUT2D eigenvalue weighted by molar-refractivity contribution is 6.31. The van der Waals surface area contributed by atoms with Gasteiger partial charge in [-0.05, 0) is 59.5 Å². The average molecular weight is 425 g/mol. The molecule has 0 unspecified atom stereocenters. The molecule has 3 aromatic rings. The minimum Gasteiger partial charge on any atom is -0.496 e. The number of benzene rings is 2. The van der Waals surface area contributed by atoms with Crippen molar-refractivity contribution in [2.45, 2.75) is 26.2 Å². The lowest BCUT2D eigenvalue weighted by Gasteiger charge is -2.21. The zero-order chi connectivity index (χ0) is 21.9. The number of amides is 1. The fraction of sp³-hybridized carbons (Fsp3) is 0.250. The third-order valence-corrected chi connectivity index (χ3v) is 5.07. The smallest absolute Gasteiger partial charge is 0.255 e. The maximum Gasteiger partial charge on any atom is 0.255 e. The van der Waals surface area contributed by atoms with Gasteiger partial charge in [0.2, 0.25) is 0 Å². The monoisotopic (exact) mass is 424 g/mol. The Morgan fingerprint density at radius 2 is 1.73 bits per heavy atom. The van der Waals surface area contributed by atoms with E-state index in [0.29, 0.717) is 33.5 Å². The van der Waals surface area contributed by atoms with E-state index in [9.17, 15) is 4.79 Å². The number of anilines is 1. The molecule has 1 N–H and O–H groups in total. The van der Waals surface area contributed by atoms with Gasteiger partial charge in [0.25, 0.3) is 5.91 Å². The van der Waals surface area contributed by atoms with Crippen molar-refractivity contribution in [3.63, 3.8) is 0 Å². The number of halogens is 1. The first-order valence-electron chi connectivity index (χ1n) is 9.53. The van der Waals surface area contributed by atoms with Gasteiger partial charge in [0, 0.05) is 28.0 Å². The van der Waals surface area contributed by atoms with Crippen LogP contribution in [0.5, 0.6) is 11.5 Å². The van der Waals surface area contributed by atoms with Crippen LogP contribution in [0.25, 0.3) is 11.3 Å². The molecule has 5 nitrogen and oxygen atoms in total. The van der Waals surface area contributed by atoms with Crippen LogP contribution in [0.2, 0.25) is 5.02 Å². The van der Waals surface area contributed by atoms with Crippen molar-refractivity contribution in [3.05, 3.63) is 70.9 Å². The van der Waals surface area contributed by atoms with Gasteiger partial charge in [0.15, 0.2) is 0 Å². The number of carbonyl (C=O) groups is 1. The number of nitrogens with zero attached hydrogens (tertiary/aromatic N) is 1. The first-order chi connectivity index (χ1) is 14.2. The van der Waals surface area contributed by atoms with E-state index in [1.807, 2.05) is 12.1 Å². The van der Waals surface area contributed by atoms with E-state index in [0.717, 1.165) is 11.1 Å². The molecule has 6 heteroatoms. The Balaban J connectivity index is 1.91. The quantitative estimate of drug-likeness (QED) is 0.548. The topological polar surface area (TPSA) is 60.5 Å². The highest BCUT2D eigenvalue weighted by Gasteiger charge is 2.19. The van der Waals surface area contributed by atoms with Gasteiger partial charge in [-0.3, -0.25) is 9.78 Å². The van der Waals surface area contributed by atoms with Gasteiger partial charge >= 0.3 is 0 Å². The van der Waals surface area contributed by atoms with Gasteiger partial charge in [0.1, 0.15) is 17.2 Å². The maximum absolute atomic E-state index is 12.9. The Kier molecular flexibility index (Phi) is 6.32. The third kappa shape index (κ3) is 4.57. The molecule has 1 heterocycles. The zero-order valence-corrected chi connectivity index (χ0v) is 18.5. The molecule has 0 aliphatic rings. The predicted molar refractivity (Wildman–Crippen MR) is 121 cm³/mol. The Morgan fingerprint density at radius 3 is 2.40 bits per heavy atom. The van der Waals surface area contributed by atoms with Crippen LogP contribution in [0.3, 0.4) is 0 Å². The van der Waals surface area contributed by atoms with Crippen LogP contribution in [-0.4, -0.2) is 25.1 Å². The zero-order valence-electron chi connectivity index (χ0n) is 17.7. The number of hydrogen-bond acceptors (Lipinski definition) is 4. The summed E-state index contributed by atoms with van der Waals surface area (Å²) >= 11 is 6.33. The van der Waals surface area contributed by atoms with E-state index in [4.69, 9.17) is 21.1 Å². The molecule has 0 fully saturated rings. The summed E-state index contributed by atoms with van der Waals surface area (Å²) in [5.41, 5.74) is 3.38. The normalized spacial score (nSPS) is 11.1. The van der Waals surface area contributed by atoms with Crippen LogP contribution in [0, 0.1) is 0 Å². The maximum atomic E-state index is 12.9. The van der Waals surface area contributed by atoms with Crippen molar-refractivity contribution in [1.29, 1.82) is 0 Å². The molecule has 0 saturated heterocycles. The van der Waals surface area contributed by atoms with Crippen LogP contribution in [0.4, 0.5) is 5.69 Å². The number of methoxy groups -OCH3 is 2. The summed E-state index contributed by atoms with van der Waals surface area (Å²) < 4.78 is 10.9. The number of pyridine rings is 1. The van der Waals surface area contributed by atoms with Crippen molar-refractivity contribution in [3.8, 4) is 22.8 Å². The third-order valence-electron chi connectivity index (χ3n) is 4.74. The lowest BCUT2D eigenvalue weighted by Crippen LogP contribution is -2.15.